The molecular formula is C19H25N3OS. The Morgan fingerprint density at radius 1 is 1.21 bits per heavy atom. The van der Waals surface area contributed by atoms with Crippen molar-refractivity contribution < 1.29 is 4.79 Å². The number of benzene rings is 1. The van der Waals surface area contributed by atoms with Crippen LogP contribution in [0, 0.1) is 0 Å². The number of carbonyl (C=O) groups excluding carboxylic acids is 1. The Kier molecular flexibility index (Phi) is 6.35. The molecule has 0 atom stereocenters. The summed E-state index contributed by atoms with van der Waals surface area (Å²) in [5.41, 5.74) is 1.26. The van der Waals surface area contributed by atoms with Gasteiger partial charge in [0, 0.05) is 37.2 Å². The first-order chi connectivity index (χ1) is 11.8. The summed E-state index contributed by atoms with van der Waals surface area (Å²) in [4.78, 5) is 16.5. The molecule has 1 aromatic carbocycles. The third-order valence-electron chi connectivity index (χ3n) is 4.40. The predicted molar refractivity (Wildman–Crippen MR) is 98.1 cm³/mol. The number of hydrogen-bond acceptors (Lipinski definition) is 3. The summed E-state index contributed by atoms with van der Waals surface area (Å²) in [6.07, 6.45) is 10.5. The van der Waals surface area contributed by atoms with Crippen LogP contribution in [-0.2, 0) is 11.3 Å². The van der Waals surface area contributed by atoms with Crippen molar-refractivity contribution in [2.75, 3.05) is 5.75 Å². The van der Waals surface area contributed by atoms with Crippen LogP contribution in [-0.4, -0.2) is 27.3 Å². The van der Waals surface area contributed by atoms with E-state index in [1.807, 2.05) is 18.5 Å². The summed E-state index contributed by atoms with van der Waals surface area (Å²) >= 11 is 1.65. The number of nitrogens with one attached hydrogen (secondary N) is 1. The lowest BCUT2D eigenvalue weighted by Crippen LogP contribution is -2.36. The van der Waals surface area contributed by atoms with E-state index >= 15 is 0 Å². The molecule has 1 aliphatic rings. The highest BCUT2D eigenvalue weighted by Gasteiger charge is 2.15. The van der Waals surface area contributed by atoms with E-state index in [1.165, 1.54) is 24.8 Å². The number of rotatable bonds is 7. The normalized spacial score (nSPS) is 15.3. The molecule has 5 heteroatoms. The van der Waals surface area contributed by atoms with Gasteiger partial charge in [-0.3, -0.25) is 4.79 Å². The molecule has 0 unspecified atom stereocenters. The van der Waals surface area contributed by atoms with Gasteiger partial charge in [-0.1, -0.05) is 61.4 Å². The molecule has 1 aliphatic carbocycles. The van der Waals surface area contributed by atoms with Crippen molar-refractivity contribution >= 4 is 17.7 Å². The Balaban J connectivity index is 1.43. The van der Waals surface area contributed by atoms with Crippen LogP contribution in [0.15, 0.2) is 47.9 Å². The summed E-state index contributed by atoms with van der Waals surface area (Å²) in [5, 5.41) is 4.15. The molecule has 2 aromatic rings. The van der Waals surface area contributed by atoms with Crippen molar-refractivity contribution in [2.45, 2.75) is 56.3 Å². The molecule has 128 valence electrons. The Morgan fingerprint density at radius 2 is 2.00 bits per heavy atom. The van der Waals surface area contributed by atoms with Crippen LogP contribution >= 0.6 is 11.8 Å². The molecule has 4 nitrogen and oxygen atoms in total. The van der Waals surface area contributed by atoms with E-state index in [2.05, 4.69) is 39.1 Å². The quantitative estimate of drug-likeness (QED) is 0.777. The topological polar surface area (TPSA) is 46.9 Å². The lowest BCUT2D eigenvalue weighted by atomic mass is 9.95. The van der Waals surface area contributed by atoms with Crippen LogP contribution in [0.3, 0.4) is 0 Å². The number of hydrogen-bond donors (Lipinski definition) is 1. The molecule has 0 radical (unpaired) electrons. The largest absolute Gasteiger partial charge is 0.353 e. The van der Waals surface area contributed by atoms with Gasteiger partial charge in [0.2, 0.25) is 5.91 Å². The standard InChI is InChI=1S/C19H25N3OS/c23-18(21-17-9-5-2-6-10-17)11-14-24-19-20-12-13-22(19)15-16-7-3-1-4-8-16/h1,3-4,7-8,12-13,17H,2,5-6,9-11,14-15H2,(H,21,23). The van der Waals surface area contributed by atoms with Crippen LogP contribution in [0.5, 0.6) is 0 Å². The van der Waals surface area contributed by atoms with Gasteiger partial charge in [-0.15, -0.1) is 0 Å². The van der Waals surface area contributed by atoms with Gasteiger partial charge < -0.3 is 9.88 Å². The molecule has 0 spiro atoms. The molecule has 1 aromatic heterocycles. The van der Waals surface area contributed by atoms with Gasteiger partial charge in [-0.05, 0) is 18.4 Å². The maximum atomic E-state index is 12.1. The molecule has 3 rings (SSSR count). The second kappa shape index (κ2) is 8.92. The summed E-state index contributed by atoms with van der Waals surface area (Å²) in [7, 11) is 0. The molecule has 1 saturated carbocycles. The van der Waals surface area contributed by atoms with Gasteiger partial charge >= 0.3 is 0 Å². The van der Waals surface area contributed by atoms with Gasteiger partial charge in [0.25, 0.3) is 0 Å². The monoisotopic (exact) mass is 343 g/mol. The highest BCUT2D eigenvalue weighted by atomic mass is 32.2. The minimum absolute atomic E-state index is 0.176. The fourth-order valence-corrected chi connectivity index (χ4v) is 4.01. The van der Waals surface area contributed by atoms with E-state index in [-0.39, 0.29) is 5.91 Å². The van der Waals surface area contributed by atoms with Crippen molar-refractivity contribution in [1.29, 1.82) is 0 Å². The number of carbonyl (C=O) groups is 1. The SMILES string of the molecule is O=C(CCSc1nccn1Cc1ccccc1)NC1CCCCC1. The van der Waals surface area contributed by atoms with Crippen molar-refractivity contribution in [1.82, 2.24) is 14.9 Å². The van der Waals surface area contributed by atoms with E-state index in [0.717, 1.165) is 30.3 Å². The number of aromatic nitrogens is 2. The molecular weight excluding hydrogens is 318 g/mol. The Bertz CT molecular complexity index is 635. The molecule has 1 heterocycles. The average Bonchev–Trinajstić information content (AvgIpc) is 3.04. The second-order valence-corrected chi connectivity index (χ2v) is 7.39. The van der Waals surface area contributed by atoms with Crippen molar-refractivity contribution in [3.05, 3.63) is 48.3 Å². The Morgan fingerprint density at radius 3 is 2.79 bits per heavy atom. The third-order valence-corrected chi connectivity index (χ3v) is 5.41. The molecule has 0 bridgehead atoms. The predicted octanol–water partition coefficient (Wildman–Crippen LogP) is 3.86. The van der Waals surface area contributed by atoms with Crippen molar-refractivity contribution in [3.63, 3.8) is 0 Å². The van der Waals surface area contributed by atoms with Crippen LogP contribution in [0.1, 0.15) is 44.1 Å². The molecule has 0 saturated heterocycles. The summed E-state index contributed by atoms with van der Waals surface area (Å²) in [6, 6.07) is 10.8. The minimum Gasteiger partial charge on any atom is -0.353 e. The highest BCUT2D eigenvalue weighted by molar-refractivity contribution is 7.99. The van der Waals surface area contributed by atoms with E-state index in [9.17, 15) is 4.79 Å². The lowest BCUT2D eigenvalue weighted by molar-refractivity contribution is -0.121. The average molecular weight is 343 g/mol. The van der Waals surface area contributed by atoms with Gasteiger partial charge in [0.05, 0.1) is 0 Å². The van der Waals surface area contributed by atoms with Crippen LogP contribution < -0.4 is 5.32 Å². The Labute approximate surface area is 148 Å². The minimum atomic E-state index is 0.176. The van der Waals surface area contributed by atoms with Crippen LogP contribution in [0.4, 0.5) is 0 Å². The summed E-state index contributed by atoms with van der Waals surface area (Å²) in [6.45, 7) is 0.817. The number of amides is 1. The van der Waals surface area contributed by atoms with Gasteiger partial charge in [0.15, 0.2) is 5.16 Å². The zero-order valence-electron chi connectivity index (χ0n) is 14.0. The Hall–Kier alpha value is -1.75. The third kappa shape index (κ3) is 5.13. The van der Waals surface area contributed by atoms with E-state index < -0.39 is 0 Å². The number of imidazole rings is 1. The molecule has 1 amide bonds. The zero-order chi connectivity index (χ0) is 16.6. The zero-order valence-corrected chi connectivity index (χ0v) is 14.8. The van der Waals surface area contributed by atoms with E-state index in [4.69, 9.17) is 0 Å². The van der Waals surface area contributed by atoms with E-state index in [0.29, 0.717) is 12.5 Å². The molecule has 1 fully saturated rings. The summed E-state index contributed by atoms with van der Waals surface area (Å²) < 4.78 is 2.14. The first-order valence-corrected chi connectivity index (χ1v) is 9.77. The second-order valence-electron chi connectivity index (χ2n) is 6.32. The fraction of sp³-hybridized carbons (Fsp3) is 0.474. The lowest BCUT2D eigenvalue weighted by Gasteiger charge is -2.22. The maximum absolute atomic E-state index is 12.1. The smallest absolute Gasteiger partial charge is 0.221 e. The first-order valence-electron chi connectivity index (χ1n) is 8.78. The number of thioether (sulfide) groups is 1. The van der Waals surface area contributed by atoms with Crippen LogP contribution in [0.25, 0.3) is 0 Å². The van der Waals surface area contributed by atoms with Crippen molar-refractivity contribution in [3.8, 4) is 0 Å². The van der Waals surface area contributed by atoms with E-state index in [1.54, 1.807) is 11.8 Å². The summed E-state index contributed by atoms with van der Waals surface area (Å²) in [5.74, 6) is 0.945. The van der Waals surface area contributed by atoms with Gasteiger partial charge in [-0.25, -0.2) is 4.98 Å². The molecule has 24 heavy (non-hydrogen) atoms. The van der Waals surface area contributed by atoms with Crippen LogP contribution in [0.2, 0.25) is 0 Å². The fourth-order valence-electron chi connectivity index (χ4n) is 3.12. The van der Waals surface area contributed by atoms with Crippen molar-refractivity contribution in [2.24, 2.45) is 0 Å². The number of nitrogens with zero attached hydrogens (tertiary/aromatic N) is 2. The molecule has 0 aliphatic heterocycles. The highest BCUT2D eigenvalue weighted by Crippen LogP contribution is 2.19. The first kappa shape index (κ1) is 17.1. The van der Waals surface area contributed by atoms with Gasteiger partial charge in [-0.2, -0.15) is 0 Å². The maximum Gasteiger partial charge on any atom is 0.221 e. The molecule has 1 N–H and O–H groups in total. The van der Waals surface area contributed by atoms with Gasteiger partial charge in [0.1, 0.15) is 0 Å².